The molecule has 0 spiro atoms. The number of carbonyl (C=O) groups excluding carboxylic acids is 3. The molecule has 0 unspecified atom stereocenters. The molecular formula is C15H21N3O3. The summed E-state index contributed by atoms with van der Waals surface area (Å²) in [6.07, 6.45) is 0. The van der Waals surface area contributed by atoms with E-state index in [2.05, 4.69) is 16.2 Å². The van der Waals surface area contributed by atoms with Crippen LogP contribution < -0.4 is 16.2 Å². The van der Waals surface area contributed by atoms with Crippen molar-refractivity contribution in [3.05, 3.63) is 35.4 Å². The number of aryl methyl sites for hydroxylation is 1. The molecule has 0 heterocycles. The molecule has 0 radical (unpaired) electrons. The second-order valence-electron chi connectivity index (χ2n) is 5.23. The first-order valence-corrected chi connectivity index (χ1v) is 6.75. The third-order valence-electron chi connectivity index (χ3n) is 2.92. The van der Waals surface area contributed by atoms with Crippen molar-refractivity contribution in [2.45, 2.75) is 33.7 Å². The minimum absolute atomic E-state index is 0.0924. The molecular weight excluding hydrogens is 270 g/mol. The number of benzene rings is 1. The van der Waals surface area contributed by atoms with Crippen molar-refractivity contribution in [3.63, 3.8) is 0 Å². The van der Waals surface area contributed by atoms with Crippen LogP contribution in [0.2, 0.25) is 0 Å². The molecule has 6 nitrogen and oxygen atoms in total. The topological polar surface area (TPSA) is 87.3 Å². The Hall–Kier alpha value is -2.37. The Morgan fingerprint density at radius 1 is 1.00 bits per heavy atom. The maximum Gasteiger partial charge on any atom is 0.269 e. The van der Waals surface area contributed by atoms with Gasteiger partial charge in [-0.25, -0.2) is 0 Å². The summed E-state index contributed by atoms with van der Waals surface area (Å²) in [5, 5.41) is 2.55. The molecule has 0 saturated carbocycles. The van der Waals surface area contributed by atoms with E-state index in [1.165, 1.54) is 6.92 Å². The van der Waals surface area contributed by atoms with Crippen LogP contribution in [0.5, 0.6) is 0 Å². The number of amides is 3. The number of hydrogen-bond acceptors (Lipinski definition) is 3. The van der Waals surface area contributed by atoms with Gasteiger partial charge in [0.05, 0.1) is 0 Å². The molecule has 0 aromatic heterocycles. The minimum atomic E-state index is -0.694. The second kappa shape index (κ2) is 7.42. The summed E-state index contributed by atoms with van der Waals surface area (Å²) < 4.78 is 0. The van der Waals surface area contributed by atoms with E-state index < -0.39 is 17.9 Å². The van der Waals surface area contributed by atoms with Crippen molar-refractivity contribution in [2.24, 2.45) is 5.92 Å². The van der Waals surface area contributed by atoms with Crippen LogP contribution in [0.4, 0.5) is 0 Å². The number of carbonyl (C=O) groups is 3. The van der Waals surface area contributed by atoms with E-state index in [1.807, 2.05) is 32.9 Å². The average Bonchev–Trinajstić information content (AvgIpc) is 2.42. The van der Waals surface area contributed by atoms with E-state index in [0.717, 1.165) is 5.56 Å². The van der Waals surface area contributed by atoms with Crippen molar-refractivity contribution in [1.29, 1.82) is 0 Å². The lowest BCUT2D eigenvalue weighted by molar-refractivity contribution is -0.129. The van der Waals surface area contributed by atoms with E-state index in [9.17, 15) is 14.4 Å². The third kappa shape index (κ3) is 5.25. The van der Waals surface area contributed by atoms with Gasteiger partial charge in [0.15, 0.2) is 0 Å². The summed E-state index contributed by atoms with van der Waals surface area (Å²) in [4.78, 5) is 34.9. The minimum Gasteiger partial charge on any atom is -0.344 e. The van der Waals surface area contributed by atoms with E-state index in [4.69, 9.17) is 0 Å². The standard InChI is InChI=1S/C15H21N3O3/c1-9(2)13(16-11(4)19)15(21)18-17-14(20)12-7-5-10(3)6-8-12/h5-9,13H,1-4H3,(H,16,19)(H,17,20)(H,18,21)/t13-/m0/s1. The lowest BCUT2D eigenvalue weighted by atomic mass is 10.0. The van der Waals surface area contributed by atoms with Crippen molar-refractivity contribution in [1.82, 2.24) is 16.2 Å². The van der Waals surface area contributed by atoms with Gasteiger partial charge in [-0.1, -0.05) is 31.5 Å². The van der Waals surface area contributed by atoms with Gasteiger partial charge in [-0.3, -0.25) is 25.2 Å². The van der Waals surface area contributed by atoms with E-state index >= 15 is 0 Å². The molecule has 114 valence electrons. The first-order valence-electron chi connectivity index (χ1n) is 6.75. The van der Waals surface area contributed by atoms with Gasteiger partial charge < -0.3 is 5.32 Å². The fraction of sp³-hybridized carbons (Fsp3) is 0.400. The monoisotopic (exact) mass is 291 g/mol. The van der Waals surface area contributed by atoms with Gasteiger partial charge >= 0.3 is 0 Å². The Labute approximate surface area is 124 Å². The van der Waals surface area contributed by atoms with Crippen LogP contribution in [0.3, 0.4) is 0 Å². The Kier molecular flexibility index (Phi) is 5.90. The van der Waals surface area contributed by atoms with Crippen LogP contribution in [0.15, 0.2) is 24.3 Å². The van der Waals surface area contributed by atoms with Crippen molar-refractivity contribution in [3.8, 4) is 0 Å². The maximum atomic E-state index is 12.0. The summed E-state index contributed by atoms with van der Waals surface area (Å²) in [7, 11) is 0. The molecule has 0 aliphatic heterocycles. The van der Waals surface area contributed by atoms with Crippen LogP contribution in [0.1, 0.15) is 36.7 Å². The molecule has 21 heavy (non-hydrogen) atoms. The van der Waals surface area contributed by atoms with Crippen molar-refractivity contribution < 1.29 is 14.4 Å². The van der Waals surface area contributed by atoms with Crippen LogP contribution in [0.25, 0.3) is 0 Å². The van der Waals surface area contributed by atoms with Gasteiger partial charge in [0.25, 0.3) is 11.8 Å². The molecule has 0 saturated heterocycles. The van der Waals surface area contributed by atoms with E-state index in [-0.39, 0.29) is 11.8 Å². The zero-order valence-electron chi connectivity index (χ0n) is 12.7. The molecule has 0 fully saturated rings. The van der Waals surface area contributed by atoms with Crippen molar-refractivity contribution in [2.75, 3.05) is 0 Å². The van der Waals surface area contributed by atoms with E-state index in [0.29, 0.717) is 5.56 Å². The van der Waals surface area contributed by atoms with Crippen LogP contribution in [-0.4, -0.2) is 23.8 Å². The number of nitrogens with one attached hydrogen (secondary N) is 3. The quantitative estimate of drug-likeness (QED) is 0.721. The van der Waals surface area contributed by atoms with Crippen LogP contribution in [-0.2, 0) is 9.59 Å². The Bertz CT molecular complexity index is 523. The fourth-order valence-electron chi connectivity index (χ4n) is 1.73. The first kappa shape index (κ1) is 16.7. The first-order chi connectivity index (χ1) is 9.81. The number of hydrazine groups is 1. The zero-order chi connectivity index (χ0) is 16.0. The van der Waals surface area contributed by atoms with Gasteiger partial charge in [0.1, 0.15) is 6.04 Å². The SMILES string of the molecule is CC(=O)N[C@H](C(=O)NNC(=O)c1ccc(C)cc1)C(C)C. The molecule has 1 aromatic rings. The van der Waals surface area contributed by atoms with Gasteiger partial charge in [-0.05, 0) is 25.0 Å². The second-order valence-corrected chi connectivity index (χ2v) is 5.23. The Morgan fingerprint density at radius 3 is 2.05 bits per heavy atom. The largest absolute Gasteiger partial charge is 0.344 e. The molecule has 1 aromatic carbocycles. The van der Waals surface area contributed by atoms with Crippen LogP contribution in [0, 0.1) is 12.8 Å². The Balaban J connectivity index is 2.60. The third-order valence-corrected chi connectivity index (χ3v) is 2.92. The van der Waals surface area contributed by atoms with Crippen molar-refractivity contribution >= 4 is 17.7 Å². The highest BCUT2D eigenvalue weighted by Crippen LogP contribution is 2.03. The lowest BCUT2D eigenvalue weighted by Crippen LogP contribution is -2.54. The number of rotatable bonds is 4. The summed E-state index contributed by atoms with van der Waals surface area (Å²) in [5.41, 5.74) is 6.15. The fourth-order valence-corrected chi connectivity index (χ4v) is 1.73. The Morgan fingerprint density at radius 2 is 1.57 bits per heavy atom. The summed E-state index contributed by atoms with van der Waals surface area (Å²) in [6.45, 7) is 6.88. The molecule has 3 N–H and O–H groups in total. The zero-order valence-corrected chi connectivity index (χ0v) is 12.7. The summed E-state index contributed by atoms with van der Waals surface area (Å²) >= 11 is 0. The van der Waals surface area contributed by atoms with Gasteiger partial charge in [0.2, 0.25) is 5.91 Å². The number of hydrogen-bond donors (Lipinski definition) is 3. The maximum absolute atomic E-state index is 12.0. The molecule has 6 heteroatoms. The molecule has 0 aliphatic rings. The summed E-state index contributed by atoms with van der Waals surface area (Å²) in [5.74, 6) is -1.26. The lowest BCUT2D eigenvalue weighted by Gasteiger charge is -2.21. The van der Waals surface area contributed by atoms with E-state index in [1.54, 1.807) is 12.1 Å². The van der Waals surface area contributed by atoms with Gasteiger partial charge in [0, 0.05) is 12.5 Å². The smallest absolute Gasteiger partial charge is 0.269 e. The highest BCUT2D eigenvalue weighted by atomic mass is 16.2. The summed E-state index contributed by atoms with van der Waals surface area (Å²) in [6, 6.07) is 6.27. The normalized spacial score (nSPS) is 11.7. The predicted octanol–water partition coefficient (Wildman–Crippen LogP) is 0.917. The highest BCUT2D eigenvalue weighted by molar-refractivity contribution is 5.96. The van der Waals surface area contributed by atoms with Gasteiger partial charge in [-0.2, -0.15) is 0 Å². The van der Waals surface area contributed by atoms with Crippen LogP contribution >= 0.6 is 0 Å². The molecule has 1 rings (SSSR count). The van der Waals surface area contributed by atoms with Gasteiger partial charge in [-0.15, -0.1) is 0 Å². The predicted molar refractivity (Wildman–Crippen MR) is 79.2 cm³/mol. The molecule has 1 atom stereocenters. The highest BCUT2D eigenvalue weighted by Gasteiger charge is 2.23. The molecule has 3 amide bonds. The molecule has 0 bridgehead atoms. The average molecular weight is 291 g/mol. The molecule has 0 aliphatic carbocycles.